The Hall–Kier alpha value is -1.62. The summed E-state index contributed by atoms with van der Waals surface area (Å²) in [6.07, 6.45) is 0.959. The van der Waals surface area contributed by atoms with Gasteiger partial charge in [0.05, 0.1) is 19.1 Å². The zero-order valence-electron chi connectivity index (χ0n) is 13.3. The van der Waals surface area contributed by atoms with Gasteiger partial charge in [-0.1, -0.05) is 42.5 Å². The first-order valence-electron chi connectivity index (χ1n) is 7.55. The van der Waals surface area contributed by atoms with Gasteiger partial charge < -0.3 is 14.8 Å². The van der Waals surface area contributed by atoms with E-state index in [2.05, 4.69) is 29.6 Å². The fourth-order valence-electron chi connectivity index (χ4n) is 3.23. The molecule has 2 aromatic carbocycles. The first kappa shape index (κ1) is 17.7. The van der Waals surface area contributed by atoms with Crippen molar-refractivity contribution in [2.45, 2.75) is 24.5 Å². The van der Waals surface area contributed by atoms with Gasteiger partial charge in [0.15, 0.2) is 0 Å². The van der Waals surface area contributed by atoms with Crippen LogP contribution in [0.2, 0.25) is 0 Å². The molecule has 0 unspecified atom stereocenters. The summed E-state index contributed by atoms with van der Waals surface area (Å²) in [5.41, 5.74) is 0.986. The van der Waals surface area contributed by atoms with Crippen LogP contribution in [0.4, 0.5) is 0 Å². The molecule has 0 amide bonds. The summed E-state index contributed by atoms with van der Waals surface area (Å²) in [4.78, 5) is 12.3. The highest BCUT2D eigenvalue weighted by Crippen LogP contribution is 2.30. The van der Waals surface area contributed by atoms with E-state index in [1.54, 1.807) is 7.11 Å². The minimum absolute atomic E-state index is 0. The number of ether oxygens (including phenoxy) is 2. The number of hydrogen-bond acceptors (Lipinski definition) is 4. The van der Waals surface area contributed by atoms with Crippen molar-refractivity contribution in [2.75, 3.05) is 20.8 Å². The van der Waals surface area contributed by atoms with Crippen molar-refractivity contribution in [3.8, 4) is 0 Å². The highest BCUT2D eigenvalue weighted by molar-refractivity contribution is 5.86. The van der Waals surface area contributed by atoms with Crippen LogP contribution in [0.25, 0.3) is 10.8 Å². The van der Waals surface area contributed by atoms with Crippen molar-refractivity contribution >= 4 is 29.1 Å². The molecule has 0 saturated carbocycles. The summed E-state index contributed by atoms with van der Waals surface area (Å²) >= 11 is 0. The average molecular weight is 336 g/mol. The number of halogens is 1. The molecule has 5 heteroatoms. The lowest BCUT2D eigenvalue weighted by molar-refractivity contribution is -0.143. The zero-order valence-corrected chi connectivity index (χ0v) is 14.1. The number of methoxy groups -OCH3 is 2. The zero-order chi connectivity index (χ0) is 15.5. The van der Waals surface area contributed by atoms with E-state index in [1.807, 2.05) is 18.2 Å². The number of carbonyl (C=O) groups excluding carboxylic acids is 1. The summed E-state index contributed by atoms with van der Waals surface area (Å²) in [7, 11) is 3.15. The topological polar surface area (TPSA) is 47.6 Å². The maximum atomic E-state index is 12.3. The molecule has 0 spiro atoms. The average Bonchev–Trinajstić information content (AvgIpc) is 3.03. The van der Waals surface area contributed by atoms with Crippen LogP contribution in [0.5, 0.6) is 0 Å². The van der Waals surface area contributed by atoms with Gasteiger partial charge in [-0.05, 0) is 22.8 Å². The maximum Gasteiger partial charge on any atom is 0.314 e. The Bertz CT molecular complexity index is 676. The molecule has 4 nitrogen and oxygen atoms in total. The van der Waals surface area contributed by atoms with Gasteiger partial charge in [0.2, 0.25) is 0 Å². The van der Waals surface area contributed by atoms with Crippen LogP contribution in [-0.4, -0.2) is 38.9 Å². The summed E-state index contributed by atoms with van der Waals surface area (Å²) < 4.78 is 10.4. The van der Waals surface area contributed by atoms with Crippen LogP contribution in [0, 0.1) is 0 Å². The van der Waals surface area contributed by atoms with Crippen molar-refractivity contribution in [1.82, 2.24) is 5.32 Å². The molecule has 1 aliphatic heterocycles. The van der Waals surface area contributed by atoms with Crippen molar-refractivity contribution in [3.05, 3.63) is 48.0 Å². The molecular formula is C18H22ClNO3. The monoisotopic (exact) mass is 335 g/mol. The molecule has 1 heterocycles. The van der Waals surface area contributed by atoms with Crippen molar-refractivity contribution < 1.29 is 14.3 Å². The number of rotatable bonds is 4. The Kier molecular flexibility index (Phi) is 5.99. The first-order chi connectivity index (χ1) is 10.7. The van der Waals surface area contributed by atoms with E-state index in [9.17, 15) is 4.79 Å². The van der Waals surface area contributed by atoms with Crippen LogP contribution in [0.3, 0.4) is 0 Å². The van der Waals surface area contributed by atoms with Gasteiger partial charge in [0.25, 0.3) is 0 Å². The molecule has 3 rings (SSSR count). The van der Waals surface area contributed by atoms with Crippen LogP contribution in [-0.2, 0) is 14.3 Å². The smallest absolute Gasteiger partial charge is 0.314 e. The number of nitrogens with one attached hydrogen (secondary N) is 1. The van der Waals surface area contributed by atoms with Gasteiger partial charge in [-0.15, -0.1) is 12.4 Å². The van der Waals surface area contributed by atoms with E-state index in [1.165, 1.54) is 12.5 Å². The summed E-state index contributed by atoms with van der Waals surface area (Å²) in [5.74, 6) is -0.515. The summed E-state index contributed by atoms with van der Waals surface area (Å²) in [5, 5.41) is 5.70. The lowest BCUT2D eigenvalue weighted by Crippen LogP contribution is -2.34. The second-order valence-corrected chi connectivity index (χ2v) is 5.72. The third kappa shape index (κ3) is 3.66. The molecule has 1 N–H and O–H groups in total. The number of carbonyl (C=O) groups is 1. The normalized spacial score (nSPS) is 21.7. The van der Waals surface area contributed by atoms with E-state index in [4.69, 9.17) is 9.47 Å². The molecule has 1 fully saturated rings. The molecule has 23 heavy (non-hydrogen) atoms. The largest absolute Gasteiger partial charge is 0.469 e. The van der Waals surface area contributed by atoms with Gasteiger partial charge in [-0.2, -0.15) is 0 Å². The van der Waals surface area contributed by atoms with Gasteiger partial charge >= 0.3 is 5.97 Å². The highest BCUT2D eigenvalue weighted by Gasteiger charge is 2.36. The van der Waals surface area contributed by atoms with E-state index in [0.717, 1.165) is 23.9 Å². The minimum atomic E-state index is -0.310. The van der Waals surface area contributed by atoms with Crippen LogP contribution >= 0.6 is 12.4 Å². The molecule has 0 radical (unpaired) electrons. The fourth-order valence-corrected chi connectivity index (χ4v) is 3.23. The molecule has 1 aliphatic rings. The quantitative estimate of drug-likeness (QED) is 0.873. The Labute approximate surface area is 142 Å². The van der Waals surface area contributed by atoms with Crippen molar-refractivity contribution in [2.24, 2.45) is 0 Å². The van der Waals surface area contributed by atoms with Crippen molar-refractivity contribution in [3.63, 3.8) is 0 Å². The predicted octanol–water partition coefficient (Wildman–Crippen LogP) is 2.90. The van der Waals surface area contributed by atoms with Crippen LogP contribution in [0.1, 0.15) is 17.9 Å². The van der Waals surface area contributed by atoms with Crippen molar-refractivity contribution in [1.29, 1.82) is 0 Å². The molecule has 1 saturated heterocycles. The lowest BCUT2D eigenvalue weighted by atomic mass is 9.89. The number of esters is 1. The lowest BCUT2D eigenvalue weighted by Gasteiger charge is -2.22. The second kappa shape index (κ2) is 7.77. The van der Waals surface area contributed by atoms with Gasteiger partial charge in [-0.25, -0.2) is 0 Å². The van der Waals surface area contributed by atoms with E-state index in [-0.39, 0.29) is 36.4 Å². The molecule has 0 bridgehead atoms. The standard InChI is InChI=1S/C18H21NO3.ClH/c1-21-15-10-16(19-11-15)17(18(20)22-2)14-8-7-12-5-3-4-6-13(12)9-14;/h3-9,15-17,19H,10-11H2,1-2H3;1H/t15-,16+,17-;/m1./s1. The first-order valence-corrected chi connectivity index (χ1v) is 7.55. The predicted molar refractivity (Wildman–Crippen MR) is 93.2 cm³/mol. The van der Waals surface area contributed by atoms with E-state index < -0.39 is 0 Å². The van der Waals surface area contributed by atoms with Gasteiger partial charge in [0.1, 0.15) is 0 Å². The Morgan fingerprint density at radius 1 is 1.17 bits per heavy atom. The number of hydrogen-bond donors (Lipinski definition) is 1. The second-order valence-electron chi connectivity index (χ2n) is 5.72. The molecule has 0 aromatic heterocycles. The third-order valence-electron chi connectivity index (χ3n) is 4.45. The minimum Gasteiger partial charge on any atom is -0.469 e. The summed E-state index contributed by atoms with van der Waals surface area (Å²) in [6.45, 7) is 0.766. The van der Waals surface area contributed by atoms with E-state index >= 15 is 0 Å². The SMILES string of the molecule is COC(=O)[C@H](c1ccc2ccccc2c1)[C@@H]1C[C@@H](OC)CN1.Cl. The molecule has 2 aromatic rings. The Balaban J connectivity index is 0.00000192. The molecular weight excluding hydrogens is 314 g/mol. The number of fused-ring (bicyclic) bond motifs is 1. The maximum absolute atomic E-state index is 12.3. The van der Waals surface area contributed by atoms with Gasteiger partial charge in [-0.3, -0.25) is 4.79 Å². The molecule has 0 aliphatic carbocycles. The Morgan fingerprint density at radius 3 is 2.57 bits per heavy atom. The molecule has 3 atom stereocenters. The van der Waals surface area contributed by atoms with Crippen LogP contribution in [0.15, 0.2) is 42.5 Å². The number of benzene rings is 2. The fraction of sp³-hybridized carbons (Fsp3) is 0.389. The van der Waals surface area contributed by atoms with E-state index in [0.29, 0.717) is 0 Å². The third-order valence-corrected chi connectivity index (χ3v) is 4.45. The van der Waals surface area contributed by atoms with Gasteiger partial charge in [0, 0.05) is 19.7 Å². The summed E-state index contributed by atoms with van der Waals surface area (Å²) in [6, 6.07) is 14.4. The molecule has 124 valence electrons. The van der Waals surface area contributed by atoms with Crippen LogP contribution < -0.4 is 5.32 Å². The Morgan fingerprint density at radius 2 is 1.91 bits per heavy atom. The highest BCUT2D eigenvalue weighted by atomic mass is 35.5.